The van der Waals surface area contributed by atoms with Crippen LogP contribution in [0.1, 0.15) is 18.9 Å². The van der Waals surface area contributed by atoms with Crippen molar-refractivity contribution in [3.05, 3.63) is 59.9 Å². The number of anilines is 1. The van der Waals surface area contributed by atoms with Gasteiger partial charge in [0.2, 0.25) is 0 Å². The molecule has 3 nitrogen and oxygen atoms in total. The van der Waals surface area contributed by atoms with Crippen molar-refractivity contribution in [2.75, 3.05) is 11.9 Å². The van der Waals surface area contributed by atoms with Gasteiger partial charge in [0.05, 0.1) is 0 Å². The smallest absolute Gasteiger partial charge is 0.262 e. The van der Waals surface area contributed by atoms with Crippen molar-refractivity contribution in [1.29, 1.82) is 0 Å². The predicted octanol–water partition coefficient (Wildman–Crippen LogP) is 3.80. The molecule has 1 amide bonds. The van der Waals surface area contributed by atoms with E-state index in [4.69, 9.17) is 4.74 Å². The van der Waals surface area contributed by atoms with E-state index in [0.29, 0.717) is 11.4 Å². The number of carbonyl (C=O) groups excluding carboxylic acids is 1. The molecule has 0 aliphatic rings. The van der Waals surface area contributed by atoms with Gasteiger partial charge in [-0.1, -0.05) is 31.5 Å². The summed E-state index contributed by atoms with van der Waals surface area (Å²) >= 11 is 0. The van der Waals surface area contributed by atoms with Crippen LogP contribution in [0.2, 0.25) is 0 Å². The molecule has 0 aliphatic heterocycles. The van der Waals surface area contributed by atoms with Crippen LogP contribution in [0, 0.1) is 5.82 Å². The van der Waals surface area contributed by atoms with E-state index in [9.17, 15) is 9.18 Å². The second-order valence-corrected chi connectivity index (χ2v) is 4.74. The number of hydrogen-bond donors (Lipinski definition) is 1. The molecular formula is C17H18FNO2. The summed E-state index contributed by atoms with van der Waals surface area (Å²) < 4.78 is 18.4. The number of rotatable bonds is 6. The van der Waals surface area contributed by atoms with Gasteiger partial charge in [0.1, 0.15) is 11.6 Å². The lowest BCUT2D eigenvalue weighted by molar-refractivity contribution is -0.118. The van der Waals surface area contributed by atoms with Gasteiger partial charge in [-0.15, -0.1) is 0 Å². The van der Waals surface area contributed by atoms with Gasteiger partial charge >= 0.3 is 0 Å². The number of amides is 1. The zero-order valence-corrected chi connectivity index (χ0v) is 11.9. The van der Waals surface area contributed by atoms with Crippen LogP contribution >= 0.6 is 0 Å². The summed E-state index contributed by atoms with van der Waals surface area (Å²) in [6.45, 7) is 2.02. The highest BCUT2D eigenvalue weighted by atomic mass is 19.1. The highest BCUT2D eigenvalue weighted by molar-refractivity contribution is 5.91. The lowest BCUT2D eigenvalue weighted by Gasteiger charge is -2.08. The Hall–Kier alpha value is -2.36. The zero-order valence-electron chi connectivity index (χ0n) is 11.9. The number of hydrogen-bond acceptors (Lipinski definition) is 2. The minimum Gasteiger partial charge on any atom is -0.484 e. The molecule has 0 atom stereocenters. The molecular weight excluding hydrogens is 269 g/mol. The number of benzene rings is 2. The van der Waals surface area contributed by atoms with E-state index in [2.05, 4.69) is 12.2 Å². The van der Waals surface area contributed by atoms with Gasteiger partial charge in [0, 0.05) is 5.69 Å². The molecule has 110 valence electrons. The maximum Gasteiger partial charge on any atom is 0.262 e. The average molecular weight is 287 g/mol. The lowest BCUT2D eigenvalue weighted by atomic mass is 10.1. The van der Waals surface area contributed by atoms with E-state index in [-0.39, 0.29) is 18.3 Å². The first-order chi connectivity index (χ1) is 10.2. The Labute approximate surface area is 123 Å². The van der Waals surface area contributed by atoms with Crippen LogP contribution in [0.15, 0.2) is 48.5 Å². The number of ether oxygens (including phenoxy) is 1. The molecule has 0 saturated carbocycles. The SMILES string of the molecule is CCCc1ccc(OCC(=O)Nc2cccc(F)c2)cc1. The molecule has 0 spiro atoms. The summed E-state index contributed by atoms with van der Waals surface area (Å²) in [6.07, 6.45) is 2.12. The first-order valence-corrected chi connectivity index (χ1v) is 6.94. The van der Waals surface area contributed by atoms with E-state index >= 15 is 0 Å². The third-order valence-corrected chi connectivity index (χ3v) is 2.94. The van der Waals surface area contributed by atoms with Crippen molar-refractivity contribution in [3.63, 3.8) is 0 Å². The maximum absolute atomic E-state index is 13.0. The molecule has 0 saturated heterocycles. The predicted molar refractivity (Wildman–Crippen MR) is 81.0 cm³/mol. The fourth-order valence-electron chi connectivity index (χ4n) is 1.95. The van der Waals surface area contributed by atoms with Crippen molar-refractivity contribution in [3.8, 4) is 5.75 Å². The number of nitrogens with one attached hydrogen (secondary N) is 1. The third-order valence-electron chi connectivity index (χ3n) is 2.94. The van der Waals surface area contributed by atoms with Gasteiger partial charge < -0.3 is 10.1 Å². The second kappa shape index (κ2) is 7.43. The molecule has 0 heterocycles. The Morgan fingerprint density at radius 2 is 1.95 bits per heavy atom. The van der Waals surface area contributed by atoms with Crippen molar-refractivity contribution in [2.45, 2.75) is 19.8 Å². The molecule has 21 heavy (non-hydrogen) atoms. The maximum atomic E-state index is 13.0. The standard InChI is InChI=1S/C17H18FNO2/c1-2-4-13-7-9-16(10-8-13)21-12-17(20)19-15-6-3-5-14(18)11-15/h3,5-11H,2,4,12H2,1H3,(H,19,20). The third kappa shape index (κ3) is 4.91. The summed E-state index contributed by atoms with van der Waals surface area (Å²) in [5, 5.41) is 2.58. The highest BCUT2D eigenvalue weighted by Crippen LogP contribution is 2.14. The van der Waals surface area contributed by atoms with Crippen LogP contribution in [0.5, 0.6) is 5.75 Å². The molecule has 0 aromatic heterocycles. The van der Waals surface area contributed by atoms with Crippen LogP contribution in [-0.2, 0) is 11.2 Å². The molecule has 0 bridgehead atoms. The lowest BCUT2D eigenvalue weighted by Crippen LogP contribution is -2.20. The number of aryl methyl sites for hydroxylation is 1. The molecule has 0 aliphatic carbocycles. The molecule has 2 aromatic carbocycles. The molecule has 2 rings (SSSR count). The Balaban J connectivity index is 1.83. The monoisotopic (exact) mass is 287 g/mol. The van der Waals surface area contributed by atoms with E-state index < -0.39 is 0 Å². The van der Waals surface area contributed by atoms with Gasteiger partial charge in [-0.05, 0) is 42.3 Å². The van der Waals surface area contributed by atoms with E-state index in [1.165, 1.54) is 23.8 Å². The van der Waals surface area contributed by atoms with Crippen LogP contribution in [0.3, 0.4) is 0 Å². The van der Waals surface area contributed by atoms with Gasteiger partial charge in [-0.2, -0.15) is 0 Å². The first kappa shape index (κ1) is 15.0. The minimum atomic E-state index is -0.389. The molecule has 0 fully saturated rings. The summed E-state index contributed by atoms with van der Waals surface area (Å²) in [6, 6.07) is 13.4. The Bertz CT molecular complexity index is 596. The van der Waals surface area contributed by atoms with Crippen molar-refractivity contribution < 1.29 is 13.9 Å². The first-order valence-electron chi connectivity index (χ1n) is 6.94. The topological polar surface area (TPSA) is 38.3 Å². The van der Waals surface area contributed by atoms with Crippen LogP contribution in [0.25, 0.3) is 0 Å². The Kier molecular flexibility index (Phi) is 5.32. The minimum absolute atomic E-state index is 0.108. The Morgan fingerprint density at radius 3 is 2.62 bits per heavy atom. The van der Waals surface area contributed by atoms with Crippen molar-refractivity contribution >= 4 is 11.6 Å². The normalized spacial score (nSPS) is 10.2. The largest absolute Gasteiger partial charge is 0.484 e. The fraction of sp³-hybridized carbons (Fsp3) is 0.235. The van der Waals surface area contributed by atoms with E-state index in [1.807, 2.05) is 24.3 Å². The van der Waals surface area contributed by atoms with Crippen LogP contribution in [-0.4, -0.2) is 12.5 Å². The molecule has 0 radical (unpaired) electrons. The van der Waals surface area contributed by atoms with Gasteiger partial charge in [-0.25, -0.2) is 4.39 Å². The van der Waals surface area contributed by atoms with E-state index in [0.717, 1.165) is 12.8 Å². The Morgan fingerprint density at radius 1 is 1.19 bits per heavy atom. The van der Waals surface area contributed by atoms with Crippen LogP contribution in [0.4, 0.5) is 10.1 Å². The fourth-order valence-corrected chi connectivity index (χ4v) is 1.95. The molecule has 4 heteroatoms. The average Bonchev–Trinajstić information content (AvgIpc) is 2.47. The summed E-state index contributed by atoms with van der Waals surface area (Å²) in [7, 11) is 0. The van der Waals surface area contributed by atoms with Gasteiger partial charge in [0.15, 0.2) is 6.61 Å². The van der Waals surface area contributed by atoms with Gasteiger partial charge in [0.25, 0.3) is 5.91 Å². The highest BCUT2D eigenvalue weighted by Gasteiger charge is 2.04. The molecule has 0 unspecified atom stereocenters. The quantitative estimate of drug-likeness (QED) is 0.877. The van der Waals surface area contributed by atoms with Gasteiger partial charge in [-0.3, -0.25) is 4.79 Å². The summed E-state index contributed by atoms with van der Waals surface area (Å²) in [5.41, 5.74) is 1.66. The summed E-state index contributed by atoms with van der Waals surface area (Å²) in [5.74, 6) is -0.0669. The molecule has 2 aromatic rings. The number of halogens is 1. The molecule has 1 N–H and O–H groups in total. The zero-order chi connectivity index (χ0) is 15.1. The van der Waals surface area contributed by atoms with Crippen molar-refractivity contribution in [2.24, 2.45) is 0 Å². The van der Waals surface area contributed by atoms with E-state index in [1.54, 1.807) is 6.07 Å². The second-order valence-electron chi connectivity index (χ2n) is 4.74. The number of carbonyl (C=O) groups is 1. The summed E-state index contributed by atoms with van der Waals surface area (Å²) in [4.78, 5) is 11.7. The van der Waals surface area contributed by atoms with Crippen molar-refractivity contribution in [1.82, 2.24) is 0 Å². The van der Waals surface area contributed by atoms with Crippen LogP contribution < -0.4 is 10.1 Å².